The Kier molecular flexibility index (Phi) is 9.87. The average Bonchev–Trinajstić information content (AvgIpc) is 2.25. The van der Waals surface area contributed by atoms with Crippen molar-refractivity contribution in [1.82, 2.24) is 0 Å². The van der Waals surface area contributed by atoms with Crippen LogP contribution in [-0.2, 0) is 19.2 Å². The van der Waals surface area contributed by atoms with E-state index in [1.807, 2.05) is 0 Å². The number of aliphatic carboxylic acids is 2. The van der Waals surface area contributed by atoms with Crippen molar-refractivity contribution in [2.45, 2.75) is 31.3 Å². The van der Waals surface area contributed by atoms with Gasteiger partial charge in [-0.15, -0.1) is 0 Å². The number of rotatable bonds is 7. The highest BCUT2D eigenvalue weighted by Crippen LogP contribution is 1.92. The SMILES string of the molecule is NC(=O)CC[C@H](N)C(=O)O.NC(=O)C[C@H](N)C(=O)O. The Morgan fingerprint density at radius 3 is 1.47 bits per heavy atom. The molecule has 0 aliphatic carbocycles. The number of carboxylic acid groups (broad SMARTS) is 2. The molecule has 0 aliphatic heterocycles. The summed E-state index contributed by atoms with van der Waals surface area (Å²) in [5, 5.41) is 16.3. The van der Waals surface area contributed by atoms with Crippen LogP contribution >= 0.6 is 0 Å². The quantitative estimate of drug-likeness (QED) is 0.280. The third kappa shape index (κ3) is 13.7. The van der Waals surface area contributed by atoms with Crippen molar-refractivity contribution in [3.8, 4) is 0 Å². The van der Waals surface area contributed by atoms with Crippen LogP contribution in [0.4, 0.5) is 0 Å². The third-order valence-electron chi connectivity index (χ3n) is 1.76. The van der Waals surface area contributed by atoms with Crippen LogP contribution in [-0.4, -0.2) is 46.0 Å². The minimum absolute atomic E-state index is 0.0213. The molecule has 110 valence electrons. The zero-order valence-corrected chi connectivity index (χ0v) is 10.1. The van der Waals surface area contributed by atoms with Crippen LogP contribution in [0.15, 0.2) is 0 Å². The molecule has 2 amide bonds. The van der Waals surface area contributed by atoms with E-state index in [2.05, 4.69) is 5.73 Å². The fourth-order valence-electron chi connectivity index (χ4n) is 0.725. The Labute approximate surface area is 108 Å². The second-order valence-electron chi connectivity index (χ2n) is 3.56. The predicted molar refractivity (Wildman–Crippen MR) is 63.5 cm³/mol. The third-order valence-corrected chi connectivity index (χ3v) is 1.76. The minimum atomic E-state index is -1.21. The summed E-state index contributed by atoms with van der Waals surface area (Å²) in [5.41, 5.74) is 19.4. The molecule has 0 fully saturated rings. The smallest absolute Gasteiger partial charge is 0.321 e. The highest BCUT2D eigenvalue weighted by Gasteiger charge is 2.13. The number of carboxylic acids is 2. The lowest BCUT2D eigenvalue weighted by Gasteiger charge is -2.01. The van der Waals surface area contributed by atoms with E-state index in [0.717, 1.165) is 0 Å². The number of nitrogens with two attached hydrogens (primary N) is 4. The van der Waals surface area contributed by atoms with E-state index >= 15 is 0 Å². The molecule has 0 saturated heterocycles. The van der Waals surface area contributed by atoms with Gasteiger partial charge in [-0.2, -0.15) is 0 Å². The molecule has 0 aromatic heterocycles. The number of carbonyl (C=O) groups excluding carboxylic acids is 2. The van der Waals surface area contributed by atoms with Crippen LogP contribution in [0.25, 0.3) is 0 Å². The van der Waals surface area contributed by atoms with E-state index in [4.69, 9.17) is 27.4 Å². The van der Waals surface area contributed by atoms with Gasteiger partial charge in [-0.05, 0) is 6.42 Å². The van der Waals surface area contributed by atoms with Crippen LogP contribution in [0.3, 0.4) is 0 Å². The van der Waals surface area contributed by atoms with Gasteiger partial charge < -0.3 is 33.1 Å². The molecule has 10 N–H and O–H groups in total. The maximum Gasteiger partial charge on any atom is 0.321 e. The van der Waals surface area contributed by atoms with Crippen molar-refractivity contribution < 1.29 is 29.4 Å². The van der Waals surface area contributed by atoms with Gasteiger partial charge in [-0.25, -0.2) is 0 Å². The Morgan fingerprint density at radius 1 is 0.842 bits per heavy atom. The lowest BCUT2D eigenvalue weighted by Crippen LogP contribution is -2.34. The summed E-state index contributed by atoms with van der Waals surface area (Å²) in [7, 11) is 0. The molecule has 19 heavy (non-hydrogen) atoms. The molecule has 10 heteroatoms. The maximum atomic E-state index is 10.1. The molecule has 0 rings (SSSR count). The van der Waals surface area contributed by atoms with Gasteiger partial charge in [0.15, 0.2) is 0 Å². The van der Waals surface area contributed by atoms with Gasteiger partial charge in [-0.1, -0.05) is 0 Å². The maximum absolute atomic E-state index is 10.1. The van der Waals surface area contributed by atoms with Gasteiger partial charge in [0, 0.05) is 6.42 Å². The van der Waals surface area contributed by atoms with Gasteiger partial charge in [0.25, 0.3) is 0 Å². The molecule has 0 bridgehead atoms. The van der Waals surface area contributed by atoms with E-state index in [1.54, 1.807) is 0 Å². The zero-order valence-electron chi connectivity index (χ0n) is 10.1. The first kappa shape index (κ1) is 19.1. The molecular weight excluding hydrogens is 260 g/mol. The van der Waals surface area contributed by atoms with Crippen LogP contribution in [0.2, 0.25) is 0 Å². The molecule has 0 spiro atoms. The molecule has 2 atom stereocenters. The lowest BCUT2D eigenvalue weighted by molar-refractivity contribution is -0.140. The monoisotopic (exact) mass is 278 g/mol. The van der Waals surface area contributed by atoms with Gasteiger partial charge in [0.2, 0.25) is 11.8 Å². The molecule has 0 aromatic carbocycles. The van der Waals surface area contributed by atoms with Crippen LogP contribution in [0.5, 0.6) is 0 Å². The summed E-state index contributed by atoms with van der Waals surface area (Å²) >= 11 is 0. The van der Waals surface area contributed by atoms with Crippen molar-refractivity contribution in [2.24, 2.45) is 22.9 Å². The fraction of sp³-hybridized carbons (Fsp3) is 0.556. The van der Waals surface area contributed by atoms with E-state index < -0.39 is 35.8 Å². The number of carbonyl (C=O) groups is 4. The summed E-state index contributed by atoms with van der Waals surface area (Å²) in [5.74, 6) is -3.56. The van der Waals surface area contributed by atoms with Crippen molar-refractivity contribution >= 4 is 23.8 Å². The molecular formula is C9H18N4O6. The molecule has 0 heterocycles. The second kappa shape index (κ2) is 9.79. The average molecular weight is 278 g/mol. The molecule has 10 nitrogen and oxygen atoms in total. The number of amides is 2. The minimum Gasteiger partial charge on any atom is -0.480 e. The summed E-state index contributed by atoms with van der Waals surface area (Å²) in [6, 6.07) is -2.14. The first-order chi connectivity index (χ1) is 8.57. The lowest BCUT2D eigenvalue weighted by atomic mass is 10.2. The van der Waals surface area contributed by atoms with Crippen molar-refractivity contribution in [3.63, 3.8) is 0 Å². The zero-order chi connectivity index (χ0) is 15.6. The summed E-state index contributed by atoms with van der Waals surface area (Å²) in [6.07, 6.45) is -0.187. The molecule has 0 unspecified atom stereocenters. The topological polar surface area (TPSA) is 213 Å². The number of hydrogen-bond donors (Lipinski definition) is 6. The van der Waals surface area contributed by atoms with Crippen LogP contribution < -0.4 is 22.9 Å². The number of hydrogen-bond acceptors (Lipinski definition) is 6. The van der Waals surface area contributed by atoms with Crippen molar-refractivity contribution in [3.05, 3.63) is 0 Å². The summed E-state index contributed by atoms with van der Waals surface area (Å²) in [6.45, 7) is 0. The Morgan fingerprint density at radius 2 is 1.26 bits per heavy atom. The van der Waals surface area contributed by atoms with E-state index in [0.29, 0.717) is 0 Å². The van der Waals surface area contributed by atoms with Crippen molar-refractivity contribution in [2.75, 3.05) is 0 Å². The van der Waals surface area contributed by atoms with Crippen LogP contribution in [0.1, 0.15) is 19.3 Å². The Bertz CT molecular complexity index is 346. The van der Waals surface area contributed by atoms with Crippen LogP contribution in [0, 0.1) is 0 Å². The molecule has 0 saturated carbocycles. The summed E-state index contributed by atoms with van der Waals surface area (Å²) in [4.78, 5) is 40.0. The Balaban J connectivity index is 0. The predicted octanol–water partition coefficient (Wildman–Crippen LogP) is -3.06. The molecule has 0 aliphatic rings. The van der Waals surface area contributed by atoms with Gasteiger partial charge in [0.05, 0.1) is 6.42 Å². The molecule has 0 aromatic rings. The standard InChI is InChI=1S/C5H10N2O3.C4H8N2O3/c6-3(5(9)10)1-2-4(7)8;5-2(4(8)9)1-3(6)7/h3H,1-2,6H2,(H2,7,8)(H,9,10);2H,1,5H2,(H2,6,7)(H,8,9)/t3-;2-/m00/s1. The van der Waals surface area contributed by atoms with E-state index in [1.165, 1.54) is 0 Å². The molecule has 0 radical (unpaired) electrons. The second-order valence-corrected chi connectivity index (χ2v) is 3.56. The van der Waals surface area contributed by atoms with E-state index in [-0.39, 0.29) is 19.3 Å². The number of primary amides is 2. The first-order valence-corrected chi connectivity index (χ1v) is 5.11. The largest absolute Gasteiger partial charge is 0.480 e. The summed E-state index contributed by atoms with van der Waals surface area (Å²) < 4.78 is 0. The van der Waals surface area contributed by atoms with E-state index in [9.17, 15) is 19.2 Å². The van der Waals surface area contributed by atoms with Gasteiger partial charge >= 0.3 is 11.9 Å². The van der Waals surface area contributed by atoms with Crippen molar-refractivity contribution in [1.29, 1.82) is 0 Å². The Hall–Kier alpha value is -2.20. The van der Waals surface area contributed by atoms with Gasteiger partial charge in [0.1, 0.15) is 12.1 Å². The first-order valence-electron chi connectivity index (χ1n) is 5.11. The normalized spacial score (nSPS) is 12.5. The van der Waals surface area contributed by atoms with Gasteiger partial charge in [-0.3, -0.25) is 19.2 Å². The fourth-order valence-corrected chi connectivity index (χ4v) is 0.725. The highest BCUT2D eigenvalue weighted by atomic mass is 16.4. The highest BCUT2D eigenvalue weighted by molar-refractivity contribution is 5.83.